The first kappa shape index (κ1) is 16.6. The van der Waals surface area contributed by atoms with Crippen molar-refractivity contribution in [2.24, 2.45) is 0 Å². The Hall–Kier alpha value is -1.81. The molecule has 0 bridgehead atoms. The van der Waals surface area contributed by atoms with Gasteiger partial charge >= 0.3 is 0 Å². The van der Waals surface area contributed by atoms with Gasteiger partial charge in [0.25, 0.3) is 5.91 Å². The Bertz CT molecular complexity index is 526. The lowest BCUT2D eigenvalue weighted by molar-refractivity contribution is 0.0768. The standard InChI is InChI=1S/C18H26N2O2/c1-20(13-14-21)18(22)16-9-5-6-10-17(16)19-12-11-15-7-3-2-4-8-15/h5-7,9-10,19,21H,2-4,8,11-14H2,1H3. The van der Waals surface area contributed by atoms with Crippen LogP contribution in [0.3, 0.4) is 0 Å². The molecular formula is C18H26N2O2. The van der Waals surface area contributed by atoms with Gasteiger partial charge in [0.05, 0.1) is 12.2 Å². The number of anilines is 1. The van der Waals surface area contributed by atoms with Crippen molar-refractivity contribution in [2.45, 2.75) is 32.1 Å². The summed E-state index contributed by atoms with van der Waals surface area (Å²) in [6, 6.07) is 7.58. The number of likely N-dealkylation sites (N-methyl/N-ethyl adjacent to an activating group) is 1. The molecule has 4 heteroatoms. The van der Waals surface area contributed by atoms with Gasteiger partial charge in [-0.15, -0.1) is 0 Å². The number of hydrogen-bond donors (Lipinski definition) is 2. The summed E-state index contributed by atoms with van der Waals surface area (Å²) in [5.41, 5.74) is 3.06. The maximum Gasteiger partial charge on any atom is 0.255 e. The molecule has 120 valence electrons. The second-order valence-corrected chi connectivity index (χ2v) is 5.78. The molecule has 0 atom stereocenters. The molecule has 0 radical (unpaired) electrons. The molecule has 1 aliphatic carbocycles. The van der Waals surface area contributed by atoms with Gasteiger partial charge in [0.2, 0.25) is 0 Å². The summed E-state index contributed by atoms with van der Waals surface area (Å²) in [7, 11) is 1.71. The van der Waals surface area contributed by atoms with Crippen LogP contribution in [0.4, 0.5) is 5.69 Å². The smallest absolute Gasteiger partial charge is 0.255 e. The van der Waals surface area contributed by atoms with Crippen molar-refractivity contribution in [1.29, 1.82) is 0 Å². The van der Waals surface area contributed by atoms with E-state index in [1.807, 2.05) is 24.3 Å². The van der Waals surface area contributed by atoms with E-state index in [1.165, 1.54) is 31.3 Å². The zero-order chi connectivity index (χ0) is 15.8. The average Bonchev–Trinajstić information content (AvgIpc) is 2.56. The number of benzene rings is 1. The molecule has 1 amide bonds. The molecule has 0 aromatic heterocycles. The number of carbonyl (C=O) groups is 1. The lowest BCUT2D eigenvalue weighted by Gasteiger charge is -2.19. The lowest BCUT2D eigenvalue weighted by atomic mass is 9.97. The Morgan fingerprint density at radius 2 is 2.14 bits per heavy atom. The predicted octanol–water partition coefficient (Wildman–Crippen LogP) is 3.05. The van der Waals surface area contributed by atoms with Crippen LogP contribution in [0.15, 0.2) is 35.9 Å². The maximum absolute atomic E-state index is 12.4. The highest BCUT2D eigenvalue weighted by Crippen LogP contribution is 2.21. The predicted molar refractivity (Wildman–Crippen MR) is 90.1 cm³/mol. The molecule has 0 heterocycles. The molecule has 0 spiro atoms. The molecule has 1 aromatic carbocycles. The molecule has 22 heavy (non-hydrogen) atoms. The highest BCUT2D eigenvalue weighted by Gasteiger charge is 2.15. The molecule has 0 saturated carbocycles. The number of carbonyl (C=O) groups excluding carboxylic acids is 1. The van der Waals surface area contributed by atoms with Crippen LogP contribution in [0.2, 0.25) is 0 Å². The molecule has 2 rings (SSSR count). The SMILES string of the molecule is CN(CCO)C(=O)c1ccccc1NCCC1=CCCCC1. The zero-order valence-electron chi connectivity index (χ0n) is 13.3. The van der Waals surface area contributed by atoms with Gasteiger partial charge in [0.15, 0.2) is 0 Å². The Balaban J connectivity index is 1.96. The van der Waals surface area contributed by atoms with Gasteiger partial charge in [-0.2, -0.15) is 0 Å². The largest absolute Gasteiger partial charge is 0.395 e. The van der Waals surface area contributed by atoms with Crippen molar-refractivity contribution in [3.05, 3.63) is 41.5 Å². The van der Waals surface area contributed by atoms with Crippen LogP contribution in [0, 0.1) is 0 Å². The number of allylic oxidation sites excluding steroid dienone is 1. The fourth-order valence-corrected chi connectivity index (χ4v) is 2.77. The van der Waals surface area contributed by atoms with Crippen LogP contribution < -0.4 is 5.32 Å². The van der Waals surface area contributed by atoms with Crippen molar-refractivity contribution in [3.8, 4) is 0 Å². The van der Waals surface area contributed by atoms with Crippen LogP contribution in [0.5, 0.6) is 0 Å². The van der Waals surface area contributed by atoms with E-state index in [0.29, 0.717) is 12.1 Å². The Labute approximate surface area is 132 Å². The van der Waals surface area contributed by atoms with Crippen molar-refractivity contribution in [3.63, 3.8) is 0 Å². The van der Waals surface area contributed by atoms with Crippen LogP contribution in [-0.2, 0) is 0 Å². The fraction of sp³-hybridized carbons (Fsp3) is 0.500. The Kier molecular flexibility index (Phi) is 6.46. The number of hydrogen-bond acceptors (Lipinski definition) is 3. The van der Waals surface area contributed by atoms with Crippen LogP contribution in [-0.4, -0.2) is 42.7 Å². The first-order chi connectivity index (χ1) is 10.7. The summed E-state index contributed by atoms with van der Waals surface area (Å²) in [5, 5.41) is 12.4. The van der Waals surface area contributed by atoms with E-state index < -0.39 is 0 Å². The third-order valence-corrected chi connectivity index (χ3v) is 4.09. The molecule has 1 aliphatic rings. The summed E-state index contributed by atoms with van der Waals surface area (Å²) in [6.07, 6.45) is 8.42. The third-order valence-electron chi connectivity index (χ3n) is 4.09. The number of amides is 1. The van der Waals surface area contributed by atoms with E-state index in [0.717, 1.165) is 18.7 Å². The average molecular weight is 302 g/mol. The molecule has 0 aliphatic heterocycles. The normalized spacial score (nSPS) is 14.4. The summed E-state index contributed by atoms with van der Waals surface area (Å²) < 4.78 is 0. The zero-order valence-corrected chi connectivity index (χ0v) is 13.3. The number of aliphatic hydroxyl groups is 1. The van der Waals surface area contributed by atoms with Crippen LogP contribution >= 0.6 is 0 Å². The van der Waals surface area contributed by atoms with Gasteiger partial charge in [0, 0.05) is 25.8 Å². The summed E-state index contributed by atoms with van der Waals surface area (Å²) >= 11 is 0. The second-order valence-electron chi connectivity index (χ2n) is 5.78. The van der Waals surface area contributed by atoms with Gasteiger partial charge < -0.3 is 15.3 Å². The number of para-hydroxylation sites is 1. The number of aliphatic hydroxyl groups excluding tert-OH is 1. The second kappa shape index (κ2) is 8.59. The van der Waals surface area contributed by atoms with Gasteiger partial charge in [0.1, 0.15) is 0 Å². The van der Waals surface area contributed by atoms with E-state index >= 15 is 0 Å². The van der Waals surface area contributed by atoms with Crippen molar-refractivity contribution < 1.29 is 9.90 Å². The van der Waals surface area contributed by atoms with E-state index in [4.69, 9.17) is 5.11 Å². The number of rotatable bonds is 7. The summed E-state index contributed by atoms with van der Waals surface area (Å²) in [6.45, 7) is 1.17. The number of nitrogens with one attached hydrogen (secondary N) is 1. The van der Waals surface area contributed by atoms with Gasteiger partial charge in [-0.3, -0.25) is 4.79 Å². The Morgan fingerprint density at radius 1 is 1.32 bits per heavy atom. The topological polar surface area (TPSA) is 52.6 Å². The molecular weight excluding hydrogens is 276 g/mol. The molecule has 0 unspecified atom stereocenters. The van der Waals surface area contributed by atoms with Crippen LogP contribution in [0.1, 0.15) is 42.5 Å². The molecule has 0 fully saturated rings. The maximum atomic E-state index is 12.4. The minimum Gasteiger partial charge on any atom is -0.395 e. The van der Waals surface area contributed by atoms with Crippen molar-refractivity contribution in [2.75, 3.05) is 32.1 Å². The number of nitrogens with zero attached hydrogens (tertiary/aromatic N) is 1. The molecule has 0 saturated heterocycles. The first-order valence-electron chi connectivity index (χ1n) is 8.09. The molecule has 1 aromatic rings. The van der Waals surface area contributed by atoms with E-state index in [2.05, 4.69) is 11.4 Å². The van der Waals surface area contributed by atoms with Crippen molar-refractivity contribution in [1.82, 2.24) is 4.90 Å². The van der Waals surface area contributed by atoms with E-state index in [1.54, 1.807) is 11.9 Å². The monoisotopic (exact) mass is 302 g/mol. The van der Waals surface area contributed by atoms with Crippen LogP contribution in [0.25, 0.3) is 0 Å². The summed E-state index contributed by atoms with van der Waals surface area (Å²) in [4.78, 5) is 13.9. The third kappa shape index (κ3) is 4.60. The lowest BCUT2D eigenvalue weighted by Crippen LogP contribution is -2.30. The Morgan fingerprint density at radius 3 is 2.86 bits per heavy atom. The molecule has 4 nitrogen and oxygen atoms in total. The minimum absolute atomic E-state index is 0.0218. The highest BCUT2D eigenvalue weighted by molar-refractivity contribution is 5.99. The molecule has 2 N–H and O–H groups in total. The first-order valence-corrected chi connectivity index (χ1v) is 8.09. The fourth-order valence-electron chi connectivity index (χ4n) is 2.77. The van der Waals surface area contributed by atoms with E-state index in [9.17, 15) is 4.79 Å². The summed E-state index contributed by atoms with van der Waals surface area (Å²) in [5.74, 6) is -0.0611. The van der Waals surface area contributed by atoms with Gasteiger partial charge in [-0.25, -0.2) is 0 Å². The van der Waals surface area contributed by atoms with Gasteiger partial charge in [-0.1, -0.05) is 23.8 Å². The highest BCUT2D eigenvalue weighted by atomic mass is 16.3. The quantitative estimate of drug-likeness (QED) is 0.761. The van der Waals surface area contributed by atoms with Gasteiger partial charge in [-0.05, 0) is 44.2 Å². The van der Waals surface area contributed by atoms with Crippen molar-refractivity contribution >= 4 is 11.6 Å². The minimum atomic E-state index is -0.0611. The van der Waals surface area contributed by atoms with E-state index in [-0.39, 0.29) is 12.5 Å².